The highest BCUT2D eigenvalue weighted by atomic mass is 32.2. The zero-order valence-corrected chi connectivity index (χ0v) is 14.6. The Kier molecular flexibility index (Phi) is 6.10. The SMILES string of the molecule is CC(CCCC(=O)Nc1ccccc1C(=O)O)=C1SC(=S)NC1=O. The Morgan fingerprint density at radius 2 is 2.00 bits per heavy atom. The van der Waals surface area contributed by atoms with Crippen molar-refractivity contribution in [3.05, 3.63) is 40.3 Å². The second-order valence-electron chi connectivity index (χ2n) is 5.21. The first-order chi connectivity index (χ1) is 11.4. The van der Waals surface area contributed by atoms with Crippen molar-refractivity contribution in [2.75, 3.05) is 5.32 Å². The maximum atomic E-state index is 12.0. The van der Waals surface area contributed by atoms with E-state index in [0.717, 1.165) is 5.57 Å². The number of allylic oxidation sites excluding steroid dienone is 1. The van der Waals surface area contributed by atoms with Gasteiger partial charge in [-0.25, -0.2) is 4.79 Å². The lowest BCUT2D eigenvalue weighted by molar-refractivity contribution is -0.116. The number of carboxylic acids is 1. The molecule has 1 aromatic carbocycles. The Balaban J connectivity index is 1.88. The molecule has 6 nitrogen and oxygen atoms in total. The van der Waals surface area contributed by atoms with Crippen molar-refractivity contribution in [3.8, 4) is 0 Å². The number of rotatable bonds is 6. The standard InChI is InChI=1S/C16H16N2O4S2/c1-9(13-14(20)18-16(23)24-13)5-4-8-12(19)17-11-7-3-2-6-10(11)15(21)22/h2-3,6-7H,4-5,8H2,1H3,(H,17,19)(H,21,22)(H,18,20,23). The van der Waals surface area contributed by atoms with Crippen LogP contribution in [-0.4, -0.2) is 27.2 Å². The summed E-state index contributed by atoms with van der Waals surface area (Å²) in [5.41, 5.74) is 1.22. The molecule has 2 amide bonds. The van der Waals surface area contributed by atoms with Crippen molar-refractivity contribution in [1.82, 2.24) is 5.32 Å². The molecule has 8 heteroatoms. The number of hydrogen-bond donors (Lipinski definition) is 3. The molecule has 1 aliphatic rings. The quantitative estimate of drug-likeness (QED) is 0.531. The van der Waals surface area contributed by atoms with Crippen LogP contribution in [0.1, 0.15) is 36.5 Å². The van der Waals surface area contributed by atoms with Gasteiger partial charge in [-0.15, -0.1) is 0 Å². The zero-order chi connectivity index (χ0) is 17.7. The van der Waals surface area contributed by atoms with Crippen LogP contribution in [-0.2, 0) is 9.59 Å². The predicted octanol–water partition coefficient (Wildman–Crippen LogP) is 2.92. The van der Waals surface area contributed by atoms with E-state index < -0.39 is 5.97 Å². The molecule has 0 radical (unpaired) electrons. The molecule has 2 rings (SSSR count). The van der Waals surface area contributed by atoms with Gasteiger partial charge in [0.2, 0.25) is 5.91 Å². The number of nitrogens with one attached hydrogen (secondary N) is 2. The van der Waals surface area contributed by atoms with Crippen molar-refractivity contribution in [1.29, 1.82) is 0 Å². The van der Waals surface area contributed by atoms with Gasteiger partial charge in [0.25, 0.3) is 5.91 Å². The molecule has 0 atom stereocenters. The van der Waals surface area contributed by atoms with Gasteiger partial charge in [0.1, 0.15) is 4.32 Å². The summed E-state index contributed by atoms with van der Waals surface area (Å²) in [7, 11) is 0. The number of carbonyl (C=O) groups excluding carboxylic acids is 2. The number of anilines is 1. The Morgan fingerprint density at radius 3 is 2.62 bits per heavy atom. The number of carbonyl (C=O) groups is 3. The summed E-state index contributed by atoms with van der Waals surface area (Å²) in [5, 5.41) is 14.3. The molecule has 0 unspecified atom stereocenters. The number of thiocarbonyl (C=S) groups is 1. The molecular weight excluding hydrogens is 348 g/mol. The van der Waals surface area contributed by atoms with Gasteiger partial charge in [-0.2, -0.15) is 0 Å². The van der Waals surface area contributed by atoms with Gasteiger partial charge in [0, 0.05) is 6.42 Å². The summed E-state index contributed by atoms with van der Waals surface area (Å²) in [6, 6.07) is 6.25. The molecule has 1 aromatic rings. The summed E-state index contributed by atoms with van der Waals surface area (Å²) in [6.07, 6.45) is 1.37. The molecule has 1 heterocycles. The average molecular weight is 364 g/mol. The lowest BCUT2D eigenvalue weighted by atomic mass is 10.1. The summed E-state index contributed by atoms with van der Waals surface area (Å²) >= 11 is 6.17. The molecule has 3 N–H and O–H groups in total. The number of aromatic carboxylic acids is 1. The Hall–Kier alpha value is -2.19. The fourth-order valence-electron chi connectivity index (χ4n) is 2.21. The minimum Gasteiger partial charge on any atom is -0.478 e. The summed E-state index contributed by atoms with van der Waals surface area (Å²) in [6.45, 7) is 1.84. The minimum atomic E-state index is -1.09. The van der Waals surface area contributed by atoms with Crippen LogP contribution in [0.2, 0.25) is 0 Å². The first-order valence-corrected chi connectivity index (χ1v) is 8.46. The number of para-hydroxylation sites is 1. The summed E-state index contributed by atoms with van der Waals surface area (Å²) < 4.78 is 0.442. The third-order valence-electron chi connectivity index (χ3n) is 3.39. The second-order valence-corrected chi connectivity index (χ2v) is 6.89. The van der Waals surface area contributed by atoms with Gasteiger partial charge in [-0.1, -0.05) is 41.7 Å². The normalized spacial score (nSPS) is 15.9. The summed E-state index contributed by atoms with van der Waals surface area (Å²) in [5.74, 6) is -1.55. The van der Waals surface area contributed by atoms with Gasteiger partial charge in [0.15, 0.2) is 0 Å². The van der Waals surface area contributed by atoms with Crippen LogP contribution in [0, 0.1) is 0 Å². The van der Waals surface area contributed by atoms with Crippen LogP contribution in [0.25, 0.3) is 0 Å². The number of thioether (sulfide) groups is 1. The van der Waals surface area contributed by atoms with E-state index in [4.69, 9.17) is 17.3 Å². The Bertz CT molecular complexity index is 743. The van der Waals surface area contributed by atoms with E-state index in [2.05, 4.69) is 10.6 Å². The van der Waals surface area contributed by atoms with E-state index in [1.165, 1.54) is 17.8 Å². The van der Waals surface area contributed by atoms with E-state index in [1.807, 2.05) is 6.92 Å². The fourth-order valence-corrected chi connectivity index (χ4v) is 3.31. The van der Waals surface area contributed by atoms with Crippen LogP contribution < -0.4 is 10.6 Å². The molecule has 0 aliphatic carbocycles. The maximum absolute atomic E-state index is 12.0. The third kappa shape index (κ3) is 4.65. The topological polar surface area (TPSA) is 95.5 Å². The molecule has 1 aliphatic heterocycles. The van der Waals surface area contributed by atoms with E-state index in [9.17, 15) is 14.4 Å². The number of carboxylic acid groups (broad SMARTS) is 1. The molecule has 1 saturated heterocycles. The third-order valence-corrected chi connectivity index (χ3v) is 4.77. The average Bonchev–Trinajstić information content (AvgIpc) is 2.86. The first kappa shape index (κ1) is 18.2. The lowest BCUT2D eigenvalue weighted by Gasteiger charge is -2.08. The van der Waals surface area contributed by atoms with Gasteiger partial charge < -0.3 is 15.7 Å². The van der Waals surface area contributed by atoms with E-state index in [0.29, 0.717) is 22.1 Å². The lowest BCUT2D eigenvalue weighted by Crippen LogP contribution is -2.18. The van der Waals surface area contributed by atoms with Crippen molar-refractivity contribution in [2.24, 2.45) is 0 Å². The first-order valence-electron chi connectivity index (χ1n) is 7.23. The molecule has 0 saturated carbocycles. The van der Waals surface area contributed by atoms with Crippen LogP contribution >= 0.6 is 24.0 Å². The number of amides is 2. The van der Waals surface area contributed by atoms with Gasteiger partial charge in [-0.3, -0.25) is 9.59 Å². The van der Waals surface area contributed by atoms with Crippen molar-refractivity contribution >= 4 is 51.8 Å². The van der Waals surface area contributed by atoms with Crippen molar-refractivity contribution < 1.29 is 19.5 Å². The highest BCUT2D eigenvalue weighted by molar-refractivity contribution is 8.26. The minimum absolute atomic E-state index is 0.0525. The Labute approximate surface area is 148 Å². The molecule has 0 bridgehead atoms. The zero-order valence-electron chi connectivity index (χ0n) is 12.9. The van der Waals surface area contributed by atoms with Crippen LogP contribution in [0.4, 0.5) is 5.69 Å². The molecule has 0 aromatic heterocycles. The van der Waals surface area contributed by atoms with Crippen LogP contribution in [0.3, 0.4) is 0 Å². The van der Waals surface area contributed by atoms with E-state index >= 15 is 0 Å². The summed E-state index contributed by atoms with van der Waals surface area (Å²) in [4.78, 5) is 35.3. The van der Waals surface area contributed by atoms with Crippen molar-refractivity contribution in [2.45, 2.75) is 26.2 Å². The fraction of sp³-hybridized carbons (Fsp3) is 0.250. The second kappa shape index (κ2) is 8.07. The van der Waals surface area contributed by atoms with Crippen LogP contribution in [0.5, 0.6) is 0 Å². The molecule has 24 heavy (non-hydrogen) atoms. The van der Waals surface area contributed by atoms with E-state index in [1.54, 1.807) is 18.2 Å². The molecule has 126 valence electrons. The van der Waals surface area contributed by atoms with Gasteiger partial charge in [-0.05, 0) is 31.9 Å². The smallest absolute Gasteiger partial charge is 0.337 e. The highest BCUT2D eigenvalue weighted by Gasteiger charge is 2.24. The van der Waals surface area contributed by atoms with Crippen molar-refractivity contribution in [3.63, 3.8) is 0 Å². The van der Waals surface area contributed by atoms with E-state index in [-0.39, 0.29) is 29.5 Å². The van der Waals surface area contributed by atoms with Crippen LogP contribution in [0.15, 0.2) is 34.7 Å². The number of benzene rings is 1. The maximum Gasteiger partial charge on any atom is 0.337 e. The largest absolute Gasteiger partial charge is 0.478 e. The highest BCUT2D eigenvalue weighted by Crippen LogP contribution is 2.28. The van der Waals surface area contributed by atoms with Gasteiger partial charge >= 0.3 is 5.97 Å². The molecular formula is C16H16N2O4S2. The monoisotopic (exact) mass is 364 g/mol. The Morgan fingerprint density at radius 1 is 1.29 bits per heavy atom. The molecule has 1 fully saturated rings. The van der Waals surface area contributed by atoms with Gasteiger partial charge in [0.05, 0.1) is 16.2 Å². The number of hydrogen-bond acceptors (Lipinski definition) is 5. The predicted molar refractivity (Wildman–Crippen MR) is 96.9 cm³/mol. The molecule has 0 spiro atoms.